The molecule has 0 bridgehead atoms. The van der Waals surface area contributed by atoms with Crippen molar-refractivity contribution in [1.82, 2.24) is 0 Å². The van der Waals surface area contributed by atoms with Crippen LogP contribution in [0.5, 0.6) is 0 Å². The smallest absolute Gasteiger partial charge is 0.462 e. The topological polar surface area (TPSA) is 237 Å². The molecule has 522 valence electrons. The number of phosphoric acid groups is 2. The first-order valence-electron chi connectivity index (χ1n) is 36.0. The zero-order chi connectivity index (χ0) is 65.0. The normalized spacial score (nSPS) is 14.5. The lowest BCUT2D eigenvalue weighted by Crippen LogP contribution is -2.30. The van der Waals surface area contributed by atoms with Crippen molar-refractivity contribution in [2.24, 2.45) is 11.8 Å². The molecule has 0 aliphatic rings. The molecule has 0 fully saturated rings. The maximum atomic E-state index is 13.0. The van der Waals surface area contributed by atoms with Gasteiger partial charge in [0, 0.05) is 25.7 Å². The molecule has 0 aromatic heterocycles. The van der Waals surface area contributed by atoms with E-state index in [9.17, 15) is 43.2 Å². The van der Waals surface area contributed by atoms with Crippen LogP contribution in [0.15, 0.2) is 0 Å². The van der Waals surface area contributed by atoms with Crippen molar-refractivity contribution in [2.45, 2.75) is 368 Å². The van der Waals surface area contributed by atoms with Gasteiger partial charge in [-0.15, -0.1) is 0 Å². The molecule has 0 amide bonds. The Labute approximate surface area is 537 Å². The van der Waals surface area contributed by atoms with Crippen molar-refractivity contribution in [3.63, 3.8) is 0 Å². The van der Waals surface area contributed by atoms with Gasteiger partial charge in [-0.1, -0.05) is 298 Å². The van der Waals surface area contributed by atoms with Gasteiger partial charge < -0.3 is 33.8 Å². The van der Waals surface area contributed by atoms with Crippen molar-refractivity contribution in [2.75, 3.05) is 39.6 Å². The second kappa shape index (κ2) is 61.3. The van der Waals surface area contributed by atoms with Crippen LogP contribution < -0.4 is 0 Å². The molecule has 0 saturated carbocycles. The molecule has 0 saturated heterocycles. The summed E-state index contributed by atoms with van der Waals surface area (Å²) in [5.74, 6) is -0.582. The summed E-state index contributed by atoms with van der Waals surface area (Å²) in [5, 5.41) is 10.5. The Kier molecular flexibility index (Phi) is 59.9. The van der Waals surface area contributed by atoms with Gasteiger partial charge in [0.05, 0.1) is 26.4 Å². The van der Waals surface area contributed by atoms with Crippen LogP contribution in [0, 0.1) is 11.8 Å². The molecule has 19 heteroatoms. The molecule has 0 spiro atoms. The highest BCUT2D eigenvalue weighted by molar-refractivity contribution is 7.47. The number of unbranched alkanes of at least 4 members (excludes halogenated alkanes) is 37. The van der Waals surface area contributed by atoms with Crippen molar-refractivity contribution >= 4 is 39.5 Å². The molecule has 3 N–H and O–H groups in total. The monoisotopic (exact) mass is 1300 g/mol. The molecule has 0 aromatic rings. The minimum Gasteiger partial charge on any atom is -0.462 e. The number of hydrogen-bond acceptors (Lipinski definition) is 15. The van der Waals surface area contributed by atoms with Crippen LogP contribution >= 0.6 is 15.6 Å². The highest BCUT2D eigenvalue weighted by Gasteiger charge is 2.30. The highest BCUT2D eigenvalue weighted by Crippen LogP contribution is 2.45. The first-order valence-corrected chi connectivity index (χ1v) is 39.0. The van der Waals surface area contributed by atoms with Crippen molar-refractivity contribution < 1.29 is 80.2 Å². The number of phosphoric ester groups is 2. The average Bonchev–Trinajstić information content (AvgIpc) is 3.62. The quantitative estimate of drug-likeness (QED) is 0.0222. The number of ether oxygens (including phenoxy) is 4. The van der Waals surface area contributed by atoms with E-state index in [0.29, 0.717) is 25.7 Å². The second-order valence-corrected chi connectivity index (χ2v) is 28.5. The maximum Gasteiger partial charge on any atom is 0.472 e. The Hall–Kier alpha value is -1.94. The van der Waals surface area contributed by atoms with E-state index in [0.717, 1.165) is 121 Å². The predicted octanol–water partition coefficient (Wildman–Crippen LogP) is 19.6. The summed E-state index contributed by atoms with van der Waals surface area (Å²) in [6.45, 7) is 9.48. The first-order chi connectivity index (χ1) is 42.4. The SMILES string of the molecule is CCCCCCCCCCCCC(=O)O[C@H](COC(=O)CCCCCCCCC)COP(=O)(O)OC[C@H](O)COP(=O)(O)OC[C@@H](COC(=O)CCCCCCCCC(C)CC)OC(=O)CCCCCCCCCCCCCCCCCCCCC(C)C. The summed E-state index contributed by atoms with van der Waals surface area (Å²) in [7, 11) is -9.89. The van der Waals surface area contributed by atoms with E-state index in [1.807, 2.05) is 0 Å². The van der Waals surface area contributed by atoms with Crippen LogP contribution in [0.3, 0.4) is 0 Å². The Morgan fingerprint density at radius 3 is 0.864 bits per heavy atom. The van der Waals surface area contributed by atoms with Gasteiger partial charge in [0.2, 0.25) is 0 Å². The molecule has 0 aliphatic heterocycles. The van der Waals surface area contributed by atoms with Gasteiger partial charge in [0.15, 0.2) is 12.2 Å². The van der Waals surface area contributed by atoms with Gasteiger partial charge >= 0.3 is 39.5 Å². The fourth-order valence-corrected chi connectivity index (χ4v) is 12.0. The lowest BCUT2D eigenvalue weighted by molar-refractivity contribution is -0.161. The molecular formula is C69H134O17P2. The Morgan fingerprint density at radius 2 is 0.580 bits per heavy atom. The number of carbonyl (C=O) groups excluding carboxylic acids is 4. The molecule has 88 heavy (non-hydrogen) atoms. The lowest BCUT2D eigenvalue weighted by Gasteiger charge is -2.21. The molecule has 0 aromatic carbocycles. The van der Waals surface area contributed by atoms with Crippen molar-refractivity contribution in [1.29, 1.82) is 0 Å². The first kappa shape index (κ1) is 86.1. The summed E-state index contributed by atoms with van der Waals surface area (Å²) in [6.07, 6.45) is 46.1. The molecule has 17 nitrogen and oxygen atoms in total. The van der Waals surface area contributed by atoms with Gasteiger partial charge in [-0.3, -0.25) is 37.3 Å². The third kappa shape index (κ3) is 61.6. The molecule has 6 atom stereocenters. The van der Waals surface area contributed by atoms with Crippen molar-refractivity contribution in [3.8, 4) is 0 Å². The van der Waals surface area contributed by atoms with E-state index >= 15 is 0 Å². The van der Waals surface area contributed by atoms with Crippen LogP contribution in [0.25, 0.3) is 0 Å². The minimum atomic E-state index is -4.95. The lowest BCUT2D eigenvalue weighted by atomic mass is 10.00. The Balaban J connectivity index is 5.12. The van der Waals surface area contributed by atoms with Gasteiger partial charge in [-0.05, 0) is 37.5 Å². The summed E-state index contributed by atoms with van der Waals surface area (Å²) in [5.41, 5.74) is 0. The molecule has 3 unspecified atom stereocenters. The number of esters is 4. The molecule has 0 radical (unpaired) electrons. The van der Waals surface area contributed by atoms with Crippen LogP contribution in [-0.4, -0.2) is 96.7 Å². The predicted molar refractivity (Wildman–Crippen MR) is 354 cm³/mol. The fourth-order valence-electron chi connectivity index (χ4n) is 10.4. The summed E-state index contributed by atoms with van der Waals surface area (Å²) < 4.78 is 68.0. The van der Waals surface area contributed by atoms with Crippen molar-refractivity contribution in [3.05, 3.63) is 0 Å². The second-order valence-electron chi connectivity index (χ2n) is 25.6. The summed E-state index contributed by atoms with van der Waals surface area (Å²) >= 11 is 0. The summed E-state index contributed by atoms with van der Waals surface area (Å²) in [6, 6.07) is 0. The molecule has 0 rings (SSSR count). The van der Waals surface area contributed by atoms with Crippen LogP contribution in [0.1, 0.15) is 350 Å². The van der Waals surface area contributed by atoms with Crippen LogP contribution in [-0.2, 0) is 65.4 Å². The van der Waals surface area contributed by atoms with E-state index in [1.165, 1.54) is 148 Å². The summed E-state index contributed by atoms with van der Waals surface area (Å²) in [4.78, 5) is 72.2. The Bertz CT molecular complexity index is 1720. The van der Waals surface area contributed by atoms with E-state index < -0.39 is 97.5 Å². The zero-order valence-corrected chi connectivity index (χ0v) is 58.8. The zero-order valence-electron chi connectivity index (χ0n) is 57.0. The third-order valence-electron chi connectivity index (χ3n) is 16.3. The van der Waals surface area contributed by atoms with Gasteiger partial charge in [-0.25, -0.2) is 9.13 Å². The fraction of sp³-hybridized carbons (Fsp3) is 0.942. The number of aliphatic hydroxyl groups excluding tert-OH is 1. The maximum absolute atomic E-state index is 13.0. The molecule has 0 heterocycles. The van der Waals surface area contributed by atoms with E-state index in [1.54, 1.807) is 0 Å². The largest absolute Gasteiger partial charge is 0.472 e. The minimum absolute atomic E-state index is 0.106. The highest BCUT2D eigenvalue weighted by atomic mass is 31.2. The number of aliphatic hydroxyl groups is 1. The van der Waals surface area contributed by atoms with Gasteiger partial charge in [-0.2, -0.15) is 0 Å². The molecular weight excluding hydrogens is 1160 g/mol. The van der Waals surface area contributed by atoms with E-state index in [2.05, 4.69) is 41.5 Å². The number of hydrogen-bond donors (Lipinski definition) is 3. The van der Waals surface area contributed by atoms with E-state index in [-0.39, 0.29) is 25.7 Å². The Morgan fingerprint density at radius 1 is 0.330 bits per heavy atom. The average molecular weight is 1300 g/mol. The third-order valence-corrected chi connectivity index (χ3v) is 18.2. The number of rotatable bonds is 68. The molecule has 0 aliphatic carbocycles. The van der Waals surface area contributed by atoms with Gasteiger partial charge in [0.1, 0.15) is 19.3 Å². The van der Waals surface area contributed by atoms with Gasteiger partial charge in [0.25, 0.3) is 0 Å². The van der Waals surface area contributed by atoms with Crippen LogP contribution in [0.2, 0.25) is 0 Å². The number of carbonyl (C=O) groups is 4. The standard InChI is InChI=1S/C69H134O17P2/c1-7-10-12-14-16-17-29-33-41-47-53-68(73)85-64(57-79-66(71)51-45-39-31-15-13-11-8-2)59-83-87(75,76)81-55-63(70)56-82-88(77,78)84-60-65(58-80-67(72)52-46-40-36-35-38-44-50-62(6)9-3)86-69(74)54-48-42-34-30-27-25-23-21-19-18-20-22-24-26-28-32-37-43-49-61(4)5/h61-65,70H,7-60H2,1-6H3,(H,75,76)(H,77,78)/t62?,63-,64+,65+/m0/s1. The van der Waals surface area contributed by atoms with E-state index in [4.69, 9.17) is 37.0 Å². The van der Waals surface area contributed by atoms with Crippen LogP contribution in [0.4, 0.5) is 0 Å².